The Morgan fingerprint density at radius 3 is 2.76 bits per heavy atom. The lowest BCUT2D eigenvalue weighted by atomic mass is 9.78. The highest BCUT2D eigenvalue weighted by Crippen LogP contribution is 2.45. The second-order valence-corrected chi connectivity index (χ2v) is 4.90. The van der Waals surface area contributed by atoms with Crippen molar-refractivity contribution in [2.45, 2.75) is 46.1 Å². The van der Waals surface area contributed by atoms with Crippen molar-refractivity contribution < 1.29 is 14.2 Å². The van der Waals surface area contributed by atoms with Gasteiger partial charge in [-0.3, -0.25) is 4.79 Å². The van der Waals surface area contributed by atoms with Crippen LogP contribution >= 0.6 is 0 Å². The zero-order valence-corrected chi connectivity index (χ0v) is 11.3. The Morgan fingerprint density at radius 2 is 2.24 bits per heavy atom. The van der Waals surface area contributed by atoms with Crippen LogP contribution in [-0.2, 0) is 14.2 Å². The van der Waals surface area contributed by atoms with Crippen LogP contribution in [0.4, 0.5) is 0 Å². The first kappa shape index (κ1) is 14.5. The van der Waals surface area contributed by atoms with Gasteiger partial charge in [0.05, 0.1) is 12.0 Å². The van der Waals surface area contributed by atoms with E-state index in [0.717, 1.165) is 19.3 Å². The number of ether oxygens (including phenoxy) is 1. The van der Waals surface area contributed by atoms with Gasteiger partial charge in [0.2, 0.25) is 0 Å². The minimum absolute atomic E-state index is 0.0615. The quantitative estimate of drug-likeness (QED) is 0.564. The fraction of sp³-hybridized carbons (Fsp3) is 0.917. The van der Waals surface area contributed by atoms with E-state index in [4.69, 9.17) is 9.39 Å². The predicted octanol–water partition coefficient (Wildman–Crippen LogP) is 1.51. The van der Waals surface area contributed by atoms with Crippen molar-refractivity contribution in [3.63, 3.8) is 0 Å². The number of hydrogen-bond donors (Lipinski definition) is 1. The zero-order chi connectivity index (χ0) is 12.9. The van der Waals surface area contributed by atoms with Crippen LogP contribution in [0, 0.1) is 11.3 Å². The highest BCUT2D eigenvalue weighted by atomic mass is 16.5. The average molecular weight is 240 g/mol. The van der Waals surface area contributed by atoms with Crippen LogP contribution < -0.4 is 5.23 Å². The van der Waals surface area contributed by atoms with E-state index in [-0.39, 0.29) is 11.4 Å². The fourth-order valence-corrected chi connectivity index (χ4v) is 2.82. The van der Waals surface area contributed by atoms with Crippen LogP contribution in [0.2, 0.25) is 0 Å². The molecule has 1 aliphatic carbocycles. The van der Waals surface area contributed by atoms with E-state index in [1.165, 1.54) is 0 Å². The minimum Gasteiger partial charge on any atom is -0.466 e. The summed E-state index contributed by atoms with van der Waals surface area (Å²) in [6.07, 6.45) is 2.80. The Hall–Kier alpha value is -0.545. The van der Waals surface area contributed by atoms with Crippen LogP contribution in [0.5, 0.6) is 0 Å². The fourth-order valence-electron chi connectivity index (χ4n) is 2.82. The molecular weight excluding hydrogens is 217 g/mol. The normalized spacial score (nSPS) is 32.5. The molecular formula is C12H23BNO3. The molecule has 4 nitrogen and oxygen atoms in total. The molecule has 1 N–H and O–H groups in total. The van der Waals surface area contributed by atoms with Crippen LogP contribution in [0.3, 0.4) is 0 Å². The number of carbonyl (C=O) groups excluding carboxylic acids is 1. The molecule has 97 valence electrons. The monoisotopic (exact) mass is 240 g/mol. The predicted molar refractivity (Wildman–Crippen MR) is 67.4 cm³/mol. The second-order valence-electron chi connectivity index (χ2n) is 4.90. The van der Waals surface area contributed by atoms with Gasteiger partial charge < -0.3 is 14.6 Å². The summed E-state index contributed by atoms with van der Waals surface area (Å²) in [4.78, 5) is 12.1. The molecule has 1 aliphatic rings. The highest BCUT2D eigenvalue weighted by molar-refractivity contribution is 6.23. The molecule has 0 spiro atoms. The van der Waals surface area contributed by atoms with Gasteiger partial charge in [-0.2, -0.15) is 0 Å². The van der Waals surface area contributed by atoms with Gasteiger partial charge in [-0.25, -0.2) is 0 Å². The van der Waals surface area contributed by atoms with Crippen molar-refractivity contribution in [1.29, 1.82) is 0 Å². The molecule has 0 aromatic carbocycles. The van der Waals surface area contributed by atoms with Gasteiger partial charge in [-0.15, -0.1) is 0 Å². The number of hydrogen-bond acceptors (Lipinski definition) is 4. The first-order valence-corrected chi connectivity index (χ1v) is 6.36. The Morgan fingerprint density at radius 1 is 1.53 bits per heavy atom. The topological polar surface area (TPSA) is 47.6 Å². The smallest absolute Gasteiger partial charge is 0.395 e. The van der Waals surface area contributed by atoms with Gasteiger partial charge in [0.1, 0.15) is 0 Å². The van der Waals surface area contributed by atoms with E-state index in [1.54, 1.807) is 14.7 Å². The molecule has 0 saturated heterocycles. The summed E-state index contributed by atoms with van der Waals surface area (Å²) in [5.74, 6) is 0.317. The van der Waals surface area contributed by atoms with Crippen molar-refractivity contribution in [2.24, 2.45) is 11.3 Å². The minimum atomic E-state index is -0.357. The Bertz CT molecular complexity index is 262. The van der Waals surface area contributed by atoms with Crippen molar-refractivity contribution in [1.82, 2.24) is 5.23 Å². The van der Waals surface area contributed by atoms with Gasteiger partial charge in [0.25, 0.3) is 0 Å². The first-order valence-electron chi connectivity index (χ1n) is 6.36. The molecule has 1 saturated carbocycles. The number of esters is 1. The highest BCUT2D eigenvalue weighted by Gasteiger charge is 2.49. The summed E-state index contributed by atoms with van der Waals surface area (Å²) in [6.45, 7) is 6.46. The van der Waals surface area contributed by atoms with E-state index in [1.807, 2.05) is 13.8 Å². The lowest BCUT2D eigenvalue weighted by Gasteiger charge is -2.28. The SMILES string of the molecule is CCOC(=O)[C@]1(C)C[C@H](N[B]OC)C[C@@H]1CC. The number of nitrogens with one attached hydrogen (secondary N) is 1. The van der Waals surface area contributed by atoms with E-state index < -0.39 is 0 Å². The molecule has 1 radical (unpaired) electrons. The Kier molecular flexibility index (Phi) is 5.47. The molecule has 0 amide bonds. The standard InChI is InChI=1S/C12H23BNO3/c1-5-9-7-10(14-13-16-4)8-12(9,3)11(15)17-6-2/h9-10,14H,5-8H2,1-4H3/t9-,10+,12+/m0/s1. The van der Waals surface area contributed by atoms with Gasteiger partial charge in [-0.1, -0.05) is 13.3 Å². The molecule has 1 fully saturated rings. The summed E-state index contributed by atoms with van der Waals surface area (Å²) in [5.41, 5.74) is -0.357. The van der Waals surface area contributed by atoms with Crippen molar-refractivity contribution in [3.05, 3.63) is 0 Å². The lowest BCUT2D eigenvalue weighted by Crippen LogP contribution is -2.35. The van der Waals surface area contributed by atoms with Crippen LogP contribution in [0.1, 0.15) is 40.0 Å². The van der Waals surface area contributed by atoms with Crippen molar-refractivity contribution >= 4 is 13.6 Å². The van der Waals surface area contributed by atoms with E-state index in [2.05, 4.69) is 12.2 Å². The average Bonchev–Trinajstić information content (AvgIpc) is 2.65. The zero-order valence-electron chi connectivity index (χ0n) is 11.3. The van der Waals surface area contributed by atoms with Gasteiger partial charge in [0.15, 0.2) is 0 Å². The van der Waals surface area contributed by atoms with Gasteiger partial charge in [-0.05, 0) is 38.6 Å². The summed E-state index contributed by atoms with van der Waals surface area (Å²) in [6, 6.07) is 0.300. The molecule has 0 aliphatic heterocycles. The van der Waals surface area contributed by atoms with Gasteiger partial charge in [0, 0.05) is 7.11 Å². The third kappa shape index (κ3) is 3.22. The maximum Gasteiger partial charge on any atom is 0.395 e. The summed E-state index contributed by atoms with van der Waals surface area (Å²) in [7, 11) is 3.21. The van der Waals surface area contributed by atoms with Crippen molar-refractivity contribution in [3.8, 4) is 0 Å². The van der Waals surface area contributed by atoms with Crippen LogP contribution in [0.15, 0.2) is 0 Å². The second kappa shape index (κ2) is 6.40. The van der Waals surface area contributed by atoms with Crippen LogP contribution in [-0.4, -0.2) is 33.3 Å². The third-order valence-electron chi connectivity index (χ3n) is 3.80. The molecule has 0 bridgehead atoms. The molecule has 0 aromatic heterocycles. The maximum atomic E-state index is 12.1. The molecule has 17 heavy (non-hydrogen) atoms. The van der Waals surface area contributed by atoms with E-state index in [9.17, 15) is 4.79 Å². The maximum absolute atomic E-state index is 12.1. The molecule has 5 heteroatoms. The lowest BCUT2D eigenvalue weighted by molar-refractivity contribution is -0.156. The summed E-state index contributed by atoms with van der Waals surface area (Å²) in [5, 5.41) is 3.19. The molecule has 3 atom stereocenters. The molecule has 0 aromatic rings. The van der Waals surface area contributed by atoms with E-state index in [0.29, 0.717) is 18.6 Å². The van der Waals surface area contributed by atoms with Crippen molar-refractivity contribution in [2.75, 3.05) is 13.7 Å². The molecule has 0 heterocycles. The molecule has 0 unspecified atom stereocenters. The largest absolute Gasteiger partial charge is 0.466 e. The Labute approximate surface area is 105 Å². The number of carbonyl (C=O) groups is 1. The molecule has 1 rings (SSSR count). The number of rotatable bonds is 6. The summed E-state index contributed by atoms with van der Waals surface area (Å²) < 4.78 is 10.1. The van der Waals surface area contributed by atoms with E-state index >= 15 is 0 Å². The van der Waals surface area contributed by atoms with Gasteiger partial charge >= 0.3 is 13.6 Å². The third-order valence-corrected chi connectivity index (χ3v) is 3.80. The summed E-state index contributed by atoms with van der Waals surface area (Å²) >= 11 is 0. The van der Waals surface area contributed by atoms with Crippen LogP contribution in [0.25, 0.3) is 0 Å². The Balaban J connectivity index is 2.66. The first-order chi connectivity index (χ1) is 8.08.